The van der Waals surface area contributed by atoms with Crippen LogP contribution in [0.5, 0.6) is 0 Å². The molecule has 1 aromatic heterocycles. The standard InChI is InChI=1S/C10H16N3S/c11-6-9-7-12-10(14-9)8-13-4-2-1-3-5-13/h1,7H,2-6,8,11H2. The van der Waals surface area contributed by atoms with E-state index in [0.29, 0.717) is 6.54 Å². The predicted octanol–water partition coefficient (Wildman–Crippen LogP) is 1.40. The average Bonchev–Trinajstić information content (AvgIpc) is 2.67. The number of rotatable bonds is 3. The maximum absolute atomic E-state index is 5.55. The van der Waals surface area contributed by atoms with Gasteiger partial charge in [0.15, 0.2) is 0 Å². The summed E-state index contributed by atoms with van der Waals surface area (Å²) in [5.41, 5.74) is 5.55. The summed E-state index contributed by atoms with van der Waals surface area (Å²) in [6.07, 6.45) is 6.70. The quantitative estimate of drug-likeness (QED) is 0.820. The summed E-state index contributed by atoms with van der Waals surface area (Å²) in [7, 11) is 0. The topological polar surface area (TPSA) is 42.1 Å². The molecule has 4 heteroatoms. The van der Waals surface area contributed by atoms with Gasteiger partial charge in [0.2, 0.25) is 0 Å². The van der Waals surface area contributed by atoms with Crippen LogP contribution in [0.15, 0.2) is 6.20 Å². The second kappa shape index (κ2) is 4.87. The third-order valence-electron chi connectivity index (χ3n) is 2.46. The second-order valence-electron chi connectivity index (χ2n) is 3.57. The van der Waals surface area contributed by atoms with Crippen molar-refractivity contribution in [3.05, 3.63) is 22.5 Å². The fourth-order valence-electron chi connectivity index (χ4n) is 1.67. The van der Waals surface area contributed by atoms with Gasteiger partial charge in [-0.05, 0) is 32.4 Å². The summed E-state index contributed by atoms with van der Waals surface area (Å²) in [5, 5.41) is 1.20. The Kier molecular flexibility index (Phi) is 3.50. The van der Waals surface area contributed by atoms with E-state index in [9.17, 15) is 0 Å². The number of hydrogen-bond donors (Lipinski definition) is 1. The molecule has 2 rings (SSSR count). The number of aromatic nitrogens is 1. The number of nitrogens with two attached hydrogens (primary N) is 1. The van der Waals surface area contributed by atoms with Crippen LogP contribution in [-0.2, 0) is 13.1 Å². The van der Waals surface area contributed by atoms with Crippen LogP contribution in [0.1, 0.15) is 22.7 Å². The number of hydrogen-bond acceptors (Lipinski definition) is 4. The van der Waals surface area contributed by atoms with Gasteiger partial charge in [0.1, 0.15) is 5.01 Å². The Labute approximate surface area is 88.9 Å². The zero-order valence-corrected chi connectivity index (χ0v) is 9.09. The Bertz CT molecular complexity index is 279. The van der Waals surface area contributed by atoms with Crippen molar-refractivity contribution < 1.29 is 0 Å². The van der Waals surface area contributed by atoms with E-state index in [1.54, 1.807) is 11.3 Å². The molecule has 0 amide bonds. The van der Waals surface area contributed by atoms with Crippen LogP contribution in [0.25, 0.3) is 0 Å². The minimum absolute atomic E-state index is 0.617. The summed E-state index contributed by atoms with van der Waals surface area (Å²) < 4.78 is 0. The van der Waals surface area contributed by atoms with Gasteiger partial charge in [0.25, 0.3) is 0 Å². The molecule has 1 radical (unpaired) electrons. The highest BCUT2D eigenvalue weighted by Crippen LogP contribution is 2.16. The van der Waals surface area contributed by atoms with E-state index >= 15 is 0 Å². The molecule has 1 fully saturated rings. The van der Waals surface area contributed by atoms with E-state index in [-0.39, 0.29) is 0 Å². The zero-order valence-electron chi connectivity index (χ0n) is 8.28. The van der Waals surface area contributed by atoms with Crippen LogP contribution >= 0.6 is 11.3 Å². The van der Waals surface area contributed by atoms with Crippen molar-refractivity contribution in [3.8, 4) is 0 Å². The highest BCUT2D eigenvalue weighted by molar-refractivity contribution is 7.11. The van der Waals surface area contributed by atoms with Crippen LogP contribution in [0.4, 0.5) is 0 Å². The molecule has 0 aromatic carbocycles. The Morgan fingerprint density at radius 2 is 2.21 bits per heavy atom. The van der Waals surface area contributed by atoms with E-state index in [0.717, 1.165) is 6.54 Å². The van der Waals surface area contributed by atoms with E-state index in [1.807, 2.05) is 6.20 Å². The Morgan fingerprint density at radius 1 is 1.43 bits per heavy atom. The summed E-state index contributed by atoms with van der Waals surface area (Å²) >= 11 is 1.74. The van der Waals surface area contributed by atoms with E-state index in [4.69, 9.17) is 5.73 Å². The number of piperidine rings is 1. The Hall–Kier alpha value is -0.450. The van der Waals surface area contributed by atoms with Gasteiger partial charge in [-0.15, -0.1) is 11.3 Å². The Balaban J connectivity index is 1.89. The summed E-state index contributed by atoms with van der Waals surface area (Å²) in [6.45, 7) is 3.97. The molecule has 77 valence electrons. The molecule has 0 bridgehead atoms. The SMILES string of the molecule is NCc1cnc(CN2CC[CH]CC2)s1. The molecule has 0 saturated carbocycles. The lowest BCUT2D eigenvalue weighted by atomic mass is 10.1. The summed E-state index contributed by atoms with van der Waals surface area (Å²) in [4.78, 5) is 8.01. The molecule has 1 saturated heterocycles. The van der Waals surface area contributed by atoms with Crippen molar-refractivity contribution in [2.45, 2.75) is 25.9 Å². The molecule has 0 unspecified atom stereocenters. The monoisotopic (exact) mass is 210 g/mol. The van der Waals surface area contributed by atoms with Gasteiger partial charge in [-0.3, -0.25) is 4.90 Å². The number of thiazole rings is 1. The molecule has 14 heavy (non-hydrogen) atoms. The van der Waals surface area contributed by atoms with Crippen molar-refractivity contribution >= 4 is 11.3 Å². The second-order valence-corrected chi connectivity index (χ2v) is 4.77. The minimum Gasteiger partial charge on any atom is -0.326 e. The summed E-state index contributed by atoms with van der Waals surface area (Å²) in [5.74, 6) is 0. The average molecular weight is 210 g/mol. The zero-order chi connectivity index (χ0) is 9.80. The lowest BCUT2D eigenvalue weighted by Crippen LogP contribution is -2.29. The van der Waals surface area contributed by atoms with Crippen LogP contribution in [0, 0.1) is 6.42 Å². The van der Waals surface area contributed by atoms with Crippen molar-refractivity contribution in [3.63, 3.8) is 0 Å². The molecule has 2 heterocycles. The molecule has 0 aliphatic carbocycles. The molecule has 0 spiro atoms. The summed E-state index contributed by atoms with van der Waals surface area (Å²) in [6, 6.07) is 0. The highest BCUT2D eigenvalue weighted by Gasteiger charge is 2.12. The van der Waals surface area contributed by atoms with Gasteiger partial charge in [-0.1, -0.05) is 0 Å². The largest absolute Gasteiger partial charge is 0.326 e. The minimum atomic E-state index is 0.617. The van der Waals surface area contributed by atoms with E-state index in [1.165, 1.54) is 35.8 Å². The lowest BCUT2D eigenvalue weighted by molar-refractivity contribution is 0.245. The normalized spacial score (nSPS) is 18.6. The van der Waals surface area contributed by atoms with Crippen LogP contribution in [0.2, 0.25) is 0 Å². The molecular formula is C10H16N3S. The van der Waals surface area contributed by atoms with Crippen molar-refractivity contribution in [1.82, 2.24) is 9.88 Å². The van der Waals surface area contributed by atoms with E-state index in [2.05, 4.69) is 16.3 Å². The van der Waals surface area contributed by atoms with Crippen LogP contribution < -0.4 is 5.73 Å². The van der Waals surface area contributed by atoms with Gasteiger partial charge >= 0.3 is 0 Å². The first-order valence-electron chi connectivity index (χ1n) is 5.06. The molecule has 2 N–H and O–H groups in total. The van der Waals surface area contributed by atoms with Crippen molar-refractivity contribution in [1.29, 1.82) is 0 Å². The molecule has 0 atom stereocenters. The third-order valence-corrected chi connectivity index (χ3v) is 3.46. The van der Waals surface area contributed by atoms with Crippen molar-refractivity contribution in [2.75, 3.05) is 13.1 Å². The van der Waals surface area contributed by atoms with Gasteiger partial charge in [-0.25, -0.2) is 4.98 Å². The highest BCUT2D eigenvalue weighted by atomic mass is 32.1. The predicted molar refractivity (Wildman–Crippen MR) is 58.8 cm³/mol. The number of likely N-dealkylation sites (tertiary alicyclic amines) is 1. The first-order valence-corrected chi connectivity index (χ1v) is 5.88. The third kappa shape index (κ3) is 2.53. The fourth-order valence-corrected chi connectivity index (χ4v) is 2.51. The van der Waals surface area contributed by atoms with E-state index < -0.39 is 0 Å². The Morgan fingerprint density at radius 3 is 2.86 bits per heavy atom. The maximum atomic E-state index is 5.55. The maximum Gasteiger partial charge on any atom is 0.107 e. The molecule has 1 aliphatic heterocycles. The first kappa shape index (κ1) is 10.1. The molecular weight excluding hydrogens is 194 g/mol. The van der Waals surface area contributed by atoms with Crippen LogP contribution in [0.3, 0.4) is 0 Å². The first-order chi connectivity index (χ1) is 6.88. The van der Waals surface area contributed by atoms with Gasteiger partial charge in [0, 0.05) is 17.6 Å². The van der Waals surface area contributed by atoms with Gasteiger partial charge < -0.3 is 5.73 Å². The smallest absolute Gasteiger partial charge is 0.107 e. The number of nitrogens with zero attached hydrogens (tertiary/aromatic N) is 2. The molecule has 1 aromatic rings. The van der Waals surface area contributed by atoms with Crippen molar-refractivity contribution in [2.24, 2.45) is 5.73 Å². The fraction of sp³-hybridized carbons (Fsp3) is 0.600. The van der Waals surface area contributed by atoms with Gasteiger partial charge in [-0.2, -0.15) is 0 Å². The van der Waals surface area contributed by atoms with Gasteiger partial charge in [0.05, 0.1) is 6.54 Å². The van der Waals surface area contributed by atoms with Crippen LogP contribution in [-0.4, -0.2) is 23.0 Å². The molecule has 3 nitrogen and oxygen atoms in total. The molecule has 1 aliphatic rings. The lowest BCUT2D eigenvalue weighted by Gasteiger charge is -2.24.